The predicted molar refractivity (Wildman–Crippen MR) is 51.5 cm³/mol. The first kappa shape index (κ1) is 11.9. The van der Waals surface area contributed by atoms with Crippen LogP contribution in [0, 0.1) is 5.92 Å². The Morgan fingerprint density at radius 3 is 2.36 bits per heavy atom. The summed E-state index contributed by atoms with van der Waals surface area (Å²) in [7, 11) is 1.63. The molecule has 1 aliphatic carbocycles. The second kappa shape index (κ2) is 5.61. The number of nitrogens with zero attached hydrogens (tertiary/aromatic N) is 1. The van der Waals surface area contributed by atoms with E-state index in [9.17, 15) is 13.9 Å². The molecule has 1 rings (SSSR count). The van der Waals surface area contributed by atoms with E-state index in [4.69, 9.17) is 0 Å². The third-order valence-electron chi connectivity index (χ3n) is 2.89. The Kier molecular flexibility index (Phi) is 4.75. The third kappa shape index (κ3) is 3.88. The van der Waals surface area contributed by atoms with Gasteiger partial charge >= 0.3 is 0 Å². The number of halogens is 2. The van der Waals surface area contributed by atoms with Crippen molar-refractivity contribution in [1.82, 2.24) is 4.90 Å². The number of likely N-dealkylation sites (N-methyl/N-ethyl adjacent to an activating group) is 1. The molecule has 0 heterocycles. The van der Waals surface area contributed by atoms with Gasteiger partial charge in [-0.15, -0.1) is 0 Å². The number of hydrogen-bond acceptors (Lipinski definition) is 2. The van der Waals surface area contributed by atoms with E-state index in [0.717, 1.165) is 12.8 Å². The molecule has 0 aromatic heterocycles. The summed E-state index contributed by atoms with van der Waals surface area (Å²) < 4.78 is 24.0. The summed E-state index contributed by atoms with van der Waals surface area (Å²) in [6, 6.07) is 0. The summed E-state index contributed by atoms with van der Waals surface area (Å²) in [5.74, 6) is 0.329. The standard InChI is InChI=1S/C10H19F2NO/c1-13(7-10(11)12)6-9(14)8-4-2-3-5-8/h8-10,14H,2-7H2,1H3. The predicted octanol–water partition coefficient (Wildman–Crippen LogP) is 1.73. The Balaban J connectivity index is 2.21. The summed E-state index contributed by atoms with van der Waals surface area (Å²) in [4.78, 5) is 1.51. The minimum absolute atomic E-state index is 0.246. The Morgan fingerprint density at radius 2 is 1.86 bits per heavy atom. The van der Waals surface area contributed by atoms with Gasteiger partial charge in [0, 0.05) is 6.54 Å². The van der Waals surface area contributed by atoms with Gasteiger partial charge < -0.3 is 5.11 Å². The number of aliphatic hydroxyl groups is 1. The molecule has 4 heteroatoms. The molecule has 1 unspecified atom stereocenters. The fourth-order valence-corrected chi connectivity index (χ4v) is 2.12. The molecule has 0 radical (unpaired) electrons. The van der Waals surface area contributed by atoms with Crippen LogP contribution in [-0.2, 0) is 0 Å². The highest BCUT2D eigenvalue weighted by Crippen LogP contribution is 2.27. The van der Waals surface area contributed by atoms with E-state index >= 15 is 0 Å². The molecular formula is C10H19F2NO. The molecule has 1 aliphatic rings. The largest absolute Gasteiger partial charge is 0.392 e. The van der Waals surface area contributed by atoms with E-state index in [1.807, 2.05) is 0 Å². The van der Waals surface area contributed by atoms with Crippen LogP contribution in [0.2, 0.25) is 0 Å². The molecule has 0 bridgehead atoms. The molecule has 0 spiro atoms. The van der Waals surface area contributed by atoms with E-state index in [0.29, 0.717) is 12.5 Å². The van der Waals surface area contributed by atoms with E-state index < -0.39 is 12.5 Å². The molecule has 0 amide bonds. The molecule has 0 aromatic rings. The molecule has 0 aromatic carbocycles. The van der Waals surface area contributed by atoms with E-state index in [2.05, 4.69) is 0 Å². The van der Waals surface area contributed by atoms with Crippen LogP contribution in [0.1, 0.15) is 25.7 Å². The quantitative estimate of drug-likeness (QED) is 0.742. The van der Waals surface area contributed by atoms with Crippen LogP contribution in [0.5, 0.6) is 0 Å². The molecule has 14 heavy (non-hydrogen) atoms. The van der Waals surface area contributed by atoms with Crippen LogP contribution in [-0.4, -0.2) is 42.7 Å². The zero-order chi connectivity index (χ0) is 10.6. The maximum Gasteiger partial charge on any atom is 0.251 e. The number of alkyl halides is 2. The lowest BCUT2D eigenvalue weighted by Crippen LogP contribution is -2.35. The fraction of sp³-hybridized carbons (Fsp3) is 1.00. The van der Waals surface area contributed by atoms with Crippen molar-refractivity contribution >= 4 is 0 Å². The van der Waals surface area contributed by atoms with Crippen molar-refractivity contribution in [3.63, 3.8) is 0 Å². The van der Waals surface area contributed by atoms with Crippen molar-refractivity contribution in [1.29, 1.82) is 0 Å². The maximum atomic E-state index is 12.0. The average molecular weight is 207 g/mol. The summed E-state index contributed by atoms with van der Waals surface area (Å²) in [6.07, 6.45) is 1.69. The summed E-state index contributed by atoms with van der Waals surface area (Å²) in [6.45, 7) is 0.124. The topological polar surface area (TPSA) is 23.5 Å². The van der Waals surface area contributed by atoms with E-state index in [1.165, 1.54) is 17.7 Å². The van der Waals surface area contributed by atoms with Gasteiger partial charge in [-0.2, -0.15) is 0 Å². The zero-order valence-electron chi connectivity index (χ0n) is 8.63. The lowest BCUT2D eigenvalue weighted by molar-refractivity contribution is 0.0443. The van der Waals surface area contributed by atoms with Crippen LogP contribution >= 0.6 is 0 Å². The molecule has 84 valence electrons. The molecular weight excluding hydrogens is 188 g/mol. The third-order valence-corrected chi connectivity index (χ3v) is 2.89. The van der Waals surface area contributed by atoms with Crippen LogP contribution in [0.25, 0.3) is 0 Å². The van der Waals surface area contributed by atoms with Crippen LogP contribution in [0.4, 0.5) is 8.78 Å². The minimum atomic E-state index is -2.31. The van der Waals surface area contributed by atoms with Gasteiger partial charge in [0.05, 0.1) is 12.6 Å². The molecule has 1 atom stereocenters. The highest BCUT2D eigenvalue weighted by molar-refractivity contribution is 4.76. The smallest absolute Gasteiger partial charge is 0.251 e. The van der Waals surface area contributed by atoms with Crippen molar-refractivity contribution < 1.29 is 13.9 Å². The Morgan fingerprint density at radius 1 is 1.29 bits per heavy atom. The average Bonchev–Trinajstić information content (AvgIpc) is 2.53. The fourth-order valence-electron chi connectivity index (χ4n) is 2.12. The second-order valence-corrected chi connectivity index (χ2v) is 4.22. The number of aliphatic hydroxyl groups excluding tert-OH is 1. The normalized spacial score (nSPS) is 21.0. The summed E-state index contributed by atoms with van der Waals surface area (Å²) in [5.41, 5.74) is 0. The molecule has 1 saturated carbocycles. The van der Waals surface area contributed by atoms with Crippen molar-refractivity contribution in [2.24, 2.45) is 5.92 Å². The first-order valence-corrected chi connectivity index (χ1v) is 5.24. The Hall–Kier alpha value is -0.220. The van der Waals surface area contributed by atoms with Gasteiger partial charge in [-0.05, 0) is 25.8 Å². The van der Waals surface area contributed by atoms with Crippen molar-refractivity contribution in [2.75, 3.05) is 20.1 Å². The lowest BCUT2D eigenvalue weighted by atomic mass is 10.0. The lowest BCUT2D eigenvalue weighted by Gasteiger charge is -2.23. The van der Waals surface area contributed by atoms with Crippen molar-refractivity contribution in [2.45, 2.75) is 38.2 Å². The number of rotatable bonds is 5. The minimum Gasteiger partial charge on any atom is -0.392 e. The van der Waals surface area contributed by atoms with Crippen molar-refractivity contribution in [3.8, 4) is 0 Å². The van der Waals surface area contributed by atoms with Crippen LogP contribution in [0.15, 0.2) is 0 Å². The van der Waals surface area contributed by atoms with Gasteiger partial charge in [-0.3, -0.25) is 4.90 Å². The molecule has 1 N–H and O–H groups in total. The highest BCUT2D eigenvalue weighted by Gasteiger charge is 2.24. The van der Waals surface area contributed by atoms with Crippen molar-refractivity contribution in [3.05, 3.63) is 0 Å². The SMILES string of the molecule is CN(CC(F)F)CC(O)C1CCCC1. The Labute approximate surface area is 83.9 Å². The van der Waals surface area contributed by atoms with Crippen LogP contribution < -0.4 is 0 Å². The summed E-state index contributed by atoms with van der Waals surface area (Å²) >= 11 is 0. The maximum absolute atomic E-state index is 12.0. The van der Waals surface area contributed by atoms with Crippen LogP contribution in [0.3, 0.4) is 0 Å². The Bertz CT molecular complexity index is 160. The van der Waals surface area contributed by atoms with Gasteiger partial charge in [-0.1, -0.05) is 12.8 Å². The number of hydrogen-bond donors (Lipinski definition) is 1. The first-order chi connectivity index (χ1) is 6.59. The molecule has 2 nitrogen and oxygen atoms in total. The highest BCUT2D eigenvalue weighted by atomic mass is 19.3. The monoisotopic (exact) mass is 207 g/mol. The van der Waals surface area contributed by atoms with Gasteiger partial charge in [0.2, 0.25) is 0 Å². The van der Waals surface area contributed by atoms with E-state index in [-0.39, 0.29) is 6.54 Å². The van der Waals surface area contributed by atoms with Gasteiger partial charge in [-0.25, -0.2) is 8.78 Å². The molecule has 0 aliphatic heterocycles. The summed E-state index contributed by atoms with van der Waals surface area (Å²) in [5, 5.41) is 9.75. The molecule has 0 saturated heterocycles. The van der Waals surface area contributed by atoms with Gasteiger partial charge in [0.25, 0.3) is 6.43 Å². The van der Waals surface area contributed by atoms with E-state index in [1.54, 1.807) is 7.05 Å². The van der Waals surface area contributed by atoms with Gasteiger partial charge in [0.15, 0.2) is 0 Å². The molecule has 1 fully saturated rings. The van der Waals surface area contributed by atoms with Gasteiger partial charge in [0.1, 0.15) is 0 Å². The zero-order valence-corrected chi connectivity index (χ0v) is 8.63. The first-order valence-electron chi connectivity index (χ1n) is 5.24. The second-order valence-electron chi connectivity index (χ2n) is 4.22.